The summed E-state index contributed by atoms with van der Waals surface area (Å²) in [5.74, 6) is -0.725. The first kappa shape index (κ1) is 12.5. The minimum atomic E-state index is -0.725. The minimum Gasteiger partial charge on any atom is -0.365 e. The van der Waals surface area contributed by atoms with Gasteiger partial charge in [-0.3, -0.25) is 9.78 Å². The third-order valence-corrected chi connectivity index (χ3v) is 2.60. The Labute approximate surface area is 110 Å². The van der Waals surface area contributed by atoms with Gasteiger partial charge in [0.15, 0.2) is 0 Å². The van der Waals surface area contributed by atoms with E-state index in [2.05, 4.69) is 4.98 Å². The number of hydrogen-bond donors (Lipinski definition) is 1. The lowest BCUT2D eigenvalue weighted by atomic mass is 10.0. The van der Waals surface area contributed by atoms with E-state index >= 15 is 0 Å². The van der Waals surface area contributed by atoms with Gasteiger partial charge in [0.25, 0.3) is 5.91 Å². The van der Waals surface area contributed by atoms with E-state index < -0.39 is 5.91 Å². The quantitative estimate of drug-likeness (QED) is 0.668. The van der Waals surface area contributed by atoms with Crippen LogP contribution in [0.25, 0.3) is 17.2 Å². The first-order chi connectivity index (χ1) is 9.20. The molecule has 0 aliphatic carbocycles. The lowest BCUT2D eigenvalue weighted by Gasteiger charge is -2.02. The highest BCUT2D eigenvalue weighted by Gasteiger charge is 2.04. The van der Waals surface area contributed by atoms with Gasteiger partial charge in [0.1, 0.15) is 11.6 Å². The van der Waals surface area contributed by atoms with Crippen LogP contribution in [0.3, 0.4) is 0 Å². The molecule has 4 heteroatoms. The number of benzene rings is 1. The number of carbonyl (C=O) groups is 1. The molecule has 0 saturated carbocycles. The van der Waals surface area contributed by atoms with Crippen molar-refractivity contribution in [1.29, 1.82) is 5.26 Å². The summed E-state index contributed by atoms with van der Waals surface area (Å²) in [7, 11) is 0. The number of primary amides is 1. The van der Waals surface area contributed by atoms with E-state index in [-0.39, 0.29) is 5.57 Å². The molecular formula is C15H11N3O. The highest BCUT2D eigenvalue weighted by atomic mass is 16.1. The maximum Gasteiger partial charge on any atom is 0.259 e. The van der Waals surface area contributed by atoms with Crippen LogP contribution in [0.5, 0.6) is 0 Å². The summed E-state index contributed by atoms with van der Waals surface area (Å²) in [6, 6.07) is 13.1. The molecular weight excluding hydrogens is 238 g/mol. The Morgan fingerprint density at radius 2 is 1.95 bits per heavy atom. The van der Waals surface area contributed by atoms with E-state index in [4.69, 9.17) is 11.0 Å². The lowest BCUT2D eigenvalue weighted by molar-refractivity contribution is -0.114. The van der Waals surface area contributed by atoms with Crippen molar-refractivity contribution in [2.45, 2.75) is 0 Å². The zero-order valence-corrected chi connectivity index (χ0v) is 10.1. The third kappa shape index (κ3) is 3.05. The SMILES string of the molecule is N#CC(=Cc1cccc(-c2ccncc2)c1)C(N)=O. The summed E-state index contributed by atoms with van der Waals surface area (Å²) in [6.45, 7) is 0. The third-order valence-electron chi connectivity index (χ3n) is 2.60. The van der Waals surface area contributed by atoms with Crippen molar-refractivity contribution in [3.05, 3.63) is 59.9 Å². The topological polar surface area (TPSA) is 79.8 Å². The van der Waals surface area contributed by atoms with Crippen LogP contribution in [0.1, 0.15) is 5.56 Å². The Kier molecular flexibility index (Phi) is 3.70. The molecule has 4 nitrogen and oxygen atoms in total. The van der Waals surface area contributed by atoms with Crippen molar-refractivity contribution in [2.24, 2.45) is 5.73 Å². The van der Waals surface area contributed by atoms with Crippen molar-refractivity contribution in [1.82, 2.24) is 4.98 Å². The number of carbonyl (C=O) groups excluding carboxylic acids is 1. The van der Waals surface area contributed by atoms with Gasteiger partial charge in [0.05, 0.1) is 0 Å². The van der Waals surface area contributed by atoms with Gasteiger partial charge in [-0.05, 0) is 41.0 Å². The zero-order chi connectivity index (χ0) is 13.7. The summed E-state index contributed by atoms with van der Waals surface area (Å²) >= 11 is 0. The number of amides is 1. The van der Waals surface area contributed by atoms with E-state index in [1.807, 2.05) is 36.4 Å². The molecule has 1 amide bonds. The average Bonchev–Trinajstić information content (AvgIpc) is 2.45. The predicted octanol–water partition coefficient (Wildman–Crippen LogP) is 2.14. The molecule has 2 aromatic rings. The van der Waals surface area contributed by atoms with Crippen molar-refractivity contribution in [3.63, 3.8) is 0 Å². The highest BCUT2D eigenvalue weighted by molar-refractivity contribution is 6.00. The minimum absolute atomic E-state index is 0.0631. The van der Waals surface area contributed by atoms with Gasteiger partial charge in [0, 0.05) is 12.4 Å². The molecule has 92 valence electrons. The monoisotopic (exact) mass is 249 g/mol. The first-order valence-corrected chi connectivity index (χ1v) is 5.63. The Morgan fingerprint density at radius 3 is 2.58 bits per heavy atom. The number of nitrogens with two attached hydrogens (primary N) is 1. The molecule has 0 fully saturated rings. The largest absolute Gasteiger partial charge is 0.365 e. The first-order valence-electron chi connectivity index (χ1n) is 5.63. The molecule has 19 heavy (non-hydrogen) atoms. The summed E-state index contributed by atoms with van der Waals surface area (Å²) in [5, 5.41) is 8.82. The second kappa shape index (κ2) is 5.61. The Morgan fingerprint density at radius 1 is 1.21 bits per heavy atom. The van der Waals surface area contributed by atoms with Crippen molar-refractivity contribution in [2.75, 3.05) is 0 Å². The van der Waals surface area contributed by atoms with E-state index in [9.17, 15) is 4.79 Å². The lowest BCUT2D eigenvalue weighted by Crippen LogP contribution is -2.12. The molecule has 0 radical (unpaired) electrons. The van der Waals surface area contributed by atoms with Gasteiger partial charge in [0.2, 0.25) is 0 Å². The maximum absolute atomic E-state index is 11.0. The number of aromatic nitrogens is 1. The number of pyridine rings is 1. The number of nitriles is 1. The maximum atomic E-state index is 11.0. The van der Waals surface area contributed by atoms with Gasteiger partial charge < -0.3 is 5.73 Å². The Hall–Kier alpha value is -2.93. The van der Waals surface area contributed by atoms with E-state index in [0.29, 0.717) is 0 Å². The van der Waals surface area contributed by atoms with Gasteiger partial charge in [-0.1, -0.05) is 18.2 Å². The fourth-order valence-electron chi connectivity index (χ4n) is 1.68. The molecule has 0 atom stereocenters. The van der Waals surface area contributed by atoms with Gasteiger partial charge in [-0.15, -0.1) is 0 Å². The summed E-state index contributed by atoms with van der Waals surface area (Å²) < 4.78 is 0. The second-order valence-electron chi connectivity index (χ2n) is 3.90. The molecule has 0 bridgehead atoms. The van der Waals surface area contributed by atoms with E-state index in [1.54, 1.807) is 18.5 Å². The van der Waals surface area contributed by atoms with Crippen LogP contribution < -0.4 is 5.73 Å². The van der Waals surface area contributed by atoms with Crippen LogP contribution in [0.2, 0.25) is 0 Å². The summed E-state index contributed by atoms with van der Waals surface area (Å²) in [4.78, 5) is 15.0. The van der Waals surface area contributed by atoms with Crippen LogP contribution in [0.15, 0.2) is 54.4 Å². The molecule has 0 saturated heterocycles. The van der Waals surface area contributed by atoms with Crippen molar-refractivity contribution < 1.29 is 4.79 Å². The number of nitrogens with zero attached hydrogens (tertiary/aromatic N) is 2. The molecule has 0 aliphatic heterocycles. The van der Waals surface area contributed by atoms with Gasteiger partial charge in [-0.2, -0.15) is 5.26 Å². The number of rotatable bonds is 3. The van der Waals surface area contributed by atoms with Gasteiger partial charge in [-0.25, -0.2) is 0 Å². The fraction of sp³-hybridized carbons (Fsp3) is 0. The molecule has 2 rings (SSSR count). The predicted molar refractivity (Wildman–Crippen MR) is 72.5 cm³/mol. The van der Waals surface area contributed by atoms with Crippen LogP contribution in [-0.2, 0) is 4.79 Å². The molecule has 1 aromatic heterocycles. The highest BCUT2D eigenvalue weighted by Crippen LogP contribution is 2.20. The van der Waals surface area contributed by atoms with Crippen LogP contribution in [0, 0.1) is 11.3 Å². The Balaban J connectivity index is 2.41. The molecule has 0 aliphatic rings. The van der Waals surface area contributed by atoms with Crippen molar-refractivity contribution in [3.8, 4) is 17.2 Å². The Bertz CT molecular complexity index is 669. The molecule has 0 spiro atoms. The van der Waals surface area contributed by atoms with E-state index in [1.165, 1.54) is 6.08 Å². The van der Waals surface area contributed by atoms with Crippen LogP contribution in [-0.4, -0.2) is 10.9 Å². The van der Waals surface area contributed by atoms with E-state index in [0.717, 1.165) is 16.7 Å². The molecule has 2 N–H and O–H groups in total. The fourth-order valence-corrected chi connectivity index (χ4v) is 1.68. The van der Waals surface area contributed by atoms with Crippen LogP contribution >= 0.6 is 0 Å². The van der Waals surface area contributed by atoms with Gasteiger partial charge >= 0.3 is 0 Å². The molecule has 1 heterocycles. The van der Waals surface area contributed by atoms with Crippen LogP contribution in [0.4, 0.5) is 0 Å². The standard InChI is InChI=1S/C15H11N3O/c16-10-14(15(17)19)9-11-2-1-3-13(8-11)12-4-6-18-7-5-12/h1-9H,(H2,17,19). The second-order valence-corrected chi connectivity index (χ2v) is 3.90. The number of hydrogen-bond acceptors (Lipinski definition) is 3. The average molecular weight is 249 g/mol. The van der Waals surface area contributed by atoms with Crippen molar-refractivity contribution >= 4 is 12.0 Å². The normalized spacial score (nSPS) is 10.8. The smallest absolute Gasteiger partial charge is 0.259 e. The molecule has 0 unspecified atom stereocenters. The molecule has 1 aromatic carbocycles. The summed E-state index contributed by atoms with van der Waals surface area (Å²) in [6.07, 6.45) is 4.90. The summed E-state index contributed by atoms with van der Waals surface area (Å²) in [5.41, 5.74) is 7.80. The zero-order valence-electron chi connectivity index (χ0n) is 10.1.